The number of carbonyl (C=O) groups is 1. The molecule has 1 aromatic heterocycles. The van der Waals surface area contributed by atoms with Gasteiger partial charge in [-0.1, -0.05) is 18.5 Å². The van der Waals surface area contributed by atoms with Crippen LogP contribution in [0.1, 0.15) is 60.8 Å². The van der Waals surface area contributed by atoms with E-state index in [2.05, 4.69) is 17.2 Å². The molecule has 3 aliphatic rings. The van der Waals surface area contributed by atoms with Gasteiger partial charge in [0, 0.05) is 28.6 Å². The van der Waals surface area contributed by atoms with Crippen LogP contribution in [-0.4, -0.2) is 16.0 Å². The number of pyridine rings is 1. The third-order valence-corrected chi connectivity index (χ3v) is 6.85. The van der Waals surface area contributed by atoms with Crippen LogP contribution >= 0.6 is 11.6 Å². The van der Waals surface area contributed by atoms with Gasteiger partial charge in [-0.25, -0.2) is 0 Å². The van der Waals surface area contributed by atoms with Crippen molar-refractivity contribution in [2.45, 2.75) is 57.8 Å². The van der Waals surface area contributed by atoms with E-state index in [-0.39, 0.29) is 17.2 Å². The van der Waals surface area contributed by atoms with Gasteiger partial charge in [0.05, 0.1) is 5.02 Å². The molecule has 3 aliphatic carbocycles. The number of amides is 1. The number of aliphatic hydroxyl groups is 1. The minimum atomic E-state index is -0.490. The molecule has 0 radical (unpaired) electrons. The lowest BCUT2D eigenvalue weighted by molar-refractivity contribution is -0.115. The first-order chi connectivity index (χ1) is 14.4. The number of carbonyl (C=O) groups excluding carboxylic acids is 1. The van der Waals surface area contributed by atoms with E-state index in [1.165, 1.54) is 0 Å². The van der Waals surface area contributed by atoms with Crippen LogP contribution in [0.25, 0.3) is 0 Å². The van der Waals surface area contributed by atoms with Gasteiger partial charge in [0.25, 0.3) is 11.5 Å². The van der Waals surface area contributed by atoms with E-state index in [0.717, 1.165) is 72.8 Å². The molecule has 1 aromatic carbocycles. The zero-order valence-corrected chi connectivity index (χ0v) is 17.5. The van der Waals surface area contributed by atoms with E-state index in [0.29, 0.717) is 22.2 Å². The highest BCUT2D eigenvalue weighted by molar-refractivity contribution is 6.32. The molecule has 0 spiro atoms. The Labute approximate surface area is 178 Å². The van der Waals surface area contributed by atoms with E-state index in [9.17, 15) is 14.7 Å². The third kappa shape index (κ3) is 3.01. The molecule has 1 saturated carbocycles. The fraction of sp³-hybridized carbons (Fsp3) is 0.391. The Bertz CT molecular complexity index is 1160. The van der Waals surface area contributed by atoms with Gasteiger partial charge in [-0.3, -0.25) is 9.59 Å². The van der Waals surface area contributed by atoms with Gasteiger partial charge in [0.1, 0.15) is 11.5 Å². The highest BCUT2D eigenvalue weighted by atomic mass is 35.5. The SMILES string of the molecule is CC1CCc2c(Oc3c(Cl)cc(NC(=O)C(O)=C4CCC4)c4c3CC4)c[nH]c(=O)c21. The van der Waals surface area contributed by atoms with Gasteiger partial charge in [-0.05, 0) is 68.1 Å². The maximum atomic E-state index is 12.4. The number of allylic oxidation sites excluding steroid dienone is 1. The number of H-pyrrole nitrogens is 1. The molecule has 5 rings (SSSR count). The quantitative estimate of drug-likeness (QED) is 0.478. The maximum absolute atomic E-state index is 12.4. The molecule has 0 aliphatic heterocycles. The molecule has 3 N–H and O–H groups in total. The summed E-state index contributed by atoms with van der Waals surface area (Å²) >= 11 is 6.54. The fourth-order valence-corrected chi connectivity index (χ4v) is 4.81. The lowest BCUT2D eigenvalue weighted by Crippen LogP contribution is -2.22. The standard InChI is InChI=1S/C23H23ClN2O4/c1-11-5-6-15-18(10-25-22(28)19(11)15)30-21-14-8-7-13(14)17(9-16(21)24)26-23(29)20(27)12-3-2-4-12/h9-11,27H,2-8H2,1H3,(H,25,28)(H,26,29). The average Bonchev–Trinajstić information content (AvgIpc) is 3.02. The first kappa shape index (κ1) is 19.2. The van der Waals surface area contributed by atoms with Crippen LogP contribution in [-0.2, 0) is 24.1 Å². The topological polar surface area (TPSA) is 91.4 Å². The van der Waals surface area contributed by atoms with E-state index in [1.807, 2.05) is 0 Å². The molecule has 30 heavy (non-hydrogen) atoms. The van der Waals surface area contributed by atoms with E-state index < -0.39 is 5.91 Å². The van der Waals surface area contributed by atoms with Gasteiger partial charge in [-0.2, -0.15) is 0 Å². The van der Waals surface area contributed by atoms with Crippen LogP contribution in [0.4, 0.5) is 5.69 Å². The minimum absolute atomic E-state index is 0.0556. The Kier molecular flexibility index (Phi) is 4.62. The summed E-state index contributed by atoms with van der Waals surface area (Å²) in [6, 6.07) is 1.68. The number of aromatic nitrogens is 1. The van der Waals surface area contributed by atoms with Crippen LogP contribution in [0.2, 0.25) is 5.02 Å². The van der Waals surface area contributed by atoms with Crippen molar-refractivity contribution in [1.82, 2.24) is 4.98 Å². The minimum Gasteiger partial charge on any atom is -0.503 e. The molecule has 0 saturated heterocycles. The van der Waals surface area contributed by atoms with Crippen molar-refractivity contribution in [2.75, 3.05) is 5.32 Å². The highest BCUT2D eigenvalue weighted by Crippen LogP contribution is 2.46. The summed E-state index contributed by atoms with van der Waals surface area (Å²) in [4.78, 5) is 27.4. The summed E-state index contributed by atoms with van der Waals surface area (Å²) in [6.45, 7) is 2.05. The monoisotopic (exact) mass is 426 g/mol. The average molecular weight is 427 g/mol. The van der Waals surface area contributed by atoms with Crippen LogP contribution < -0.4 is 15.6 Å². The van der Waals surface area contributed by atoms with Gasteiger partial charge in [0.2, 0.25) is 0 Å². The Hall–Kier alpha value is -2.73. The van der Waals surface area contributed by atoms with Crippen molar-refractivity contribution in [3.8, 4) is 11.5 Å². The van der Waals surface area contributed by atoms with Crippen molar-refractivity contribution in [2.24, 2.45) is 0 Å². The number of aliphatic hydroxyl groups excluding tert-OH is 1. The zero-order valence-electron chi connectivity index (χ0n) is 16.7. The number of aromatic amines is 1. The van der Waals surface area contributed by atoms with Gasteiger partial charge < -0.3 is 20.1 Å². The molecule has 0 bridgehead atoms. The zero-order chi connectivity index (χ0) is 21.0. The number of anilines is 1. The Balaban J connectivity index is 1.46. The van der Waals surface area contributed by atoms with E-state index >= 15 is 0 Å². The first-order valence-corrected chi connectivity index (χ1v) is 10.8. The Morgan fingerprint density at radius 3 is 2.63 bits per heavy atom. The van der Waals surface area contributed by atoms with Crippen molar-refractivity contribution >= 4 is 23.2 Å². The summed E-state index contributed by atoms with van der Waals surface area (Å²) in [7, 11) is 0. The van der Waals surface area contributed by atoms with Crippen molar-refractivity contribution in [3.63, 3.8) is 0 Å². The highest BCUT2D eigenvalue weighted by Gasteiger charge is 2.30. The van der Waals surface area contributed by atoms with Crippen molar-refractivity contribution in [3.05, 3.63) is 61.2 Å². The Morgan fingerprint density at radius 2 is 1.97 bits per heavy atom. The molecule has 2 aromatic rings. The third-order valence-electron chi connectivity index (χ3n) is 6.57. The molecule has 1 fully saturated rings. The molecule has 7 heteroatoms. The summed E-state index contributed by atoms with van der Waals surface area (Å²) in [5.41, 5.74) is 5.04. The molecule has 1 unspecified atom stereocenters. The lowest BCUT2D eigenvalue weighted by Gasteiger charge is -2.27. The van der Waals surface area contributed by atoms with Gasteiger partial charge >= 0.3 is 0 Å². The molecular formula is C23H23ClN2O4. The molecule has 1 amide bonds. The van der Waals surface area contributed by atoms with Crippen molar-refractivity contribution in [1.29, 1.82) is 0 Å². The fourth-order valence-electron chi connectivity index (χ4n) is 4.55. The van der Waals surface area contributed by atoms with Crippen LogP contribution in [0.3, 0.4) is 0 Å². The molecule has 1 heterocycles. The van der Waals surface area contributed by atoms with Crippen LogP contribution in [0, 0.1) is 0 Å². The van der Waals surface area contributed by atoms with E-state index in [4.69, 9.17) is 16.3 Å². The lowest BCUT2D eigenvalue weighted by atomic mass is 9.86. The van der Waals surface area contributed by atoms with Gasteiger partial charge in [0.15, 0.2) is 5.76 Å². The molecule has 6 nitrogen and oxygen atoms in total. The summed E-state index contributed by atoms with van der Waals surface area (Å²) in [5, 5.41) is 13.3. The number of nitrogens with one attached hydrogen (secondary N) is 2. The number of hydrogen-bond acceptors (Lipinski definition) is 4. The van der Waals surface area contributed by atoms with Crippen molar-refractivity contribution < 1.29 is 14.6 Å². The van der Waals surface area contributed by atoms with E-state index in [1.54, 1.807) is 12.3 Å². The smallest absolute Gasteiger partial charge is 0.290 e. The number of fused-ring (bicyclic) bond motifs is 2. The molecule has 1 atom stereocenters. The second-order valence-corrected chi connectivity index (χ2v) is 8.78. The predicted molar refractivity (Wildman–Crippen MR) is 115 cm³/mol. The Morgan fingerprint density at radius 1 is 1.20 bits per heavy atom. The number of halogens is 1. The van der Waals surface area contributed by atoms with Crippen LogP contribution in [0.15, 0.2) is 28.4 Å². The number of benzene rings is 1. The number of hydrogen-bond donors (Lipinski definition) is 3. The summed E-state index contributed by atoms with van der Waals surface area (Å²) < 4.78 is 6.22. The molecular weight excluding hydrogens is 404 g/mol. The first-order valence-electron chi connectivity index (χ1n) is 10.4. The van der Waals surface area contributed by atoms with Gasteiger partial charge in [-0.15, -0.1) is 0 Å². The number of ether oxygens (including phenoxy) is 1. The summed E-state index contributed by atoms with van der Waals surface area (Å²) in [6.07, 6.45) is 7.48. The van der Waals surface area contributed by atoms with Crippen LogP contribution in [0.5, 0.6) is 11.5 Å². The largest absolute Gasteiger partial charge is 0.503 e. The number of rotatable bonds is 4. The summed E-state index contributed by atoms with van der Waals surface area (Å²) in [5.74, 6) is 0.751. The predicted octanol–water partition coefficient (Wildman–Crippen LogP) is 4.90. The normalized spacial score (nSPS) is 18.7. The molecule has 156 valence electrons. The second-order valence-electron chi connectivity index (χ2n) is 8.37. The maximum Gasteiger partial charge on any atom is 0.290 e. The second kappa shape index (κ2) is 7.20.